The summed E-state index contributed by atoms with van der Waals surface area (Å²) in [6, 6.07) is 3.59. The summed E-state index contributed by atoms with van der Waals surface area (Å²) in [7, 11) is 3.48. The third-order valence-electron chi connectivity index (χ3n) is 4.71. The highest BCUT2D eigenvalue weighted by Gasteiger charge is 2.36. The maximum Gasteiger partial charge on any atom is 0.326 e. The van der Waals surface area contributed by atoms with Gasteiger partial charge in [0.2, 0.25) is 0 Å². The molecule has 0 bridgehead atoms. The topological polar surface area (TPSA) is 126 Å². The van der Waals surface area contributed by atoms with E-state index in [2.05, 4.69) is 27.3 Å². The third kappa shape index (κ3) is 4.07. The number of nitrogens with zero attached hydrogens (tertiary/aromatic N) is 6. The van der Waals surface area contributed by atoms with Crippen molar-refractivity contribution >= 4 is 11.8 Å². The largest absolute Gasteiger partial charge is 0.468 e. The number of urea groups is 1. The van der Waals surface area contributed by atoms with E-state index in [0.29, 0.717) is 31.2 Å². The molecule has 2 N–H and O–H groups in total. The number of amides is 2. The fourth-order valence-electron chi connectivity index (χ4n) is 3.20. The molecule has 1 aliphatic rings. The summed E-state index contributed by atoms with van der Waals surface area (Å²) in [6.07, 6.45) is 2.77. The third-order valence-corrected chi connectivity index (χ3v) is 4.71. The smallest absolute Gasteiger partial charge is 0.326 e. The predicted molar refractivity (Wildman–Crippen MR) is 99.9 cm³/mol. The summed E-state index contributed by atoms with van der Waals surface area (Å²) >= 11 is 0. The Morgan fingerprint density at radius 3 is 3.04 bits per heavy atom. The average molecular weight is 372 g/mol. The standard InChI is InChI=1S/C17H24N8O2/c1-11(6-7-20-23-18)9-13-21-14-15(19-10-12-5-4-8-27-12)24(2)17(26)25(3)16(14)22-13/h4-5,8,11,15,19H,6-7,9-10H2,1-3H3,(H,21,22). The van der Waals surface area contributed by atoms with Gasteiger partial charge in [-0.15, -0.1) is 0 Å². The first-order valence-electron chi connectivity index (χ1n) is 8.87. The Morgan fingerprint density at radius 2 is 2.33 bits per heavy atom. The molecule has 0 saturated heterocycles. The number of carbonyl (C=O) groups excluding carboxylic acids is 1. The molecule has 0 aliphatic carbocycles. The number of imidazole rings is 1. The molecule has 2 unspecified atom stereocenters. The number of H-pyrrole nitrogens is 1. The molecule has 0 aromatic carbocycles. The first kappa shape index (κ1) is 18.8. The van der Waals surface area contributed by atoms with E-state index >= 15 is 0 Å². The van der Waals surface area contributed by atoms with E-state index in [0.717, 1.165) is 23.7 Å². The number of aromatic nitrogens is 2. The lowest BCUT2D eigenvalue weighted by atomic mass is 10.0. The molecule has 144 valence electrons. The molecule has 0 saturated carbocycles. The number of hydrogen-bond acceptors (Lipinski definition) is 5. The van der Waals surface area contributed by atoms with E-state index in [1.54, 1.807) is 30.2 Å². The number of anilines is 1. The van der Waals surface area contributed by atoms with E-state index < -0.39 is 0 Å². The van der Waals surface area contributed by atoms with Gasteiger partial charge < -0.3 is 14.3 Å². The molecule has 3 rings (SSSR count). The Hall–Kier alpha value is -2.97. The van der Waals surface area contributed by atoms with Crippen LogP contribution in [0.2, 0.25) is 0 Å². The van der Waals surface area contributed by atoms with Crippen molar-refractivity contribution in [2.24, 2.45) is 11.0 Å². The molecule has 10 nitrogen and oxygen atoms in total. The van der Waals surface area contributed by atoms with Crippen LogP contribution in [0.15, 0.2) is 27.9 Å². The molecule has 0 radical (unpaired) electrons. The van der Waals surface area contributed by atoms with Crippen LogP contribution in [0.3, 0.4) is 0 Å². The second-order valence-electron chi connectivity index (χ2n) is 6.79. The number of nitrogens with one attached hydrogen (secondary N) is 2. The summed E-state index contributed by atoms with van der Waals surface area (Å²) in [5, 5.41) is 6.92. The van der Waals surface area contributed by atoms with Gasteiger partial charge >= 0.3 is 6.03 Å². The summed E-state index contributed by atoms with van der Waals surface area (Å²) < 4.78 is 5.36. The van der Waals surface area contributed by atoms with Crippen molar-refractivity contribution in [1.82, 2.24) is 20.2 Å². The summed E-state index contributed by atoms with van der Waals surface area (Å²) in [4.78, 5) is 26.6. The van der Waals surface area contributed by atoms with Gasteiger partial charge in [-0.3, -0.25) is 10.2 Å². The lowest BCUT2D eigenvalue weighted by molar-refractivity contribution is 0.177. The second kappa shape index (κ2) is 8.15. The van der Waals surface area contributed by atoms with Crippen LogP contribution in [0.1, 0.15) is 36.8 Å². The van der Waals surface area contributed by atoms with Gasteiger partial charge in [0.05, 0.1) is 12.8 Å². The minimum Gasteiger partial charge on any atom is -0.468 e. The number of aromatic amines is 1. The zero-order valence-electron chi connectivity index (χ0n) is 15.7. The second-order valence-corrected chi connectivity index (χ2v) is 6.79. The molecule has 0 fully saturated rings. The van der Waals surface area contributed by atoms with Crippen molar-refractivity contribution in [1.29, 1.82) is 0 Å². The molecule has 0 spiro atoms. The lowest BCUT2D eigenvalue weighted by Crippen LogP contribution is -2.50. The number of azide groups is 1. The van der Waals surface area contributed by atoms with Crippen LogP contribution in [0.25, 0.3) is 10.4 Å². The lowest BCUT2D eigenvalue weighted by Gasteiger charge is -2.36. The van der Waals surface area contributed by atoms with Crippen LogP contribution >= 0.6 is 0 Å². The number of fused-ring (bicyclic) bond motifs is 1. The molecule has 3 heterocycles. The van der Waals surface area contributed by atoms with Crippen LogP contribution in [-0.2, 0) is 13.0 Å². The van der Waals surface area contributed by atoms with Crippen LogP contribution in [0.4, 0.5) is 10.6 Å². The monoisotopic (exact) mass is 372 g/mol. The minimum atomic E-state index is -0.350. The molecular formula is C17H24N8O2. The highest BCUT2D eigenvalue weighted by atomic mass is 16.3. The molecule has 1 aliphatic heterocycles. The SMILES string of the molecule is CC(CCN=[N+]=[N-])Cc1nc2c([nH]1)N(C)C(=O)N(C)C2NCc1ccco1. The van der Waals surface area contributed by atoms with E-state index in [9.17, 15) is 4.79 Å². The quantitative estimate of drug-likeness (QED) is 0.419. The Balaban J connectivity index is 1.77. The van der Waals surface area contributed by atoms with E-state index in [1.807, 2.05) is 12.1 Å². The van der Waals surface area contributed by atoms with Gasteiger partial charge in [-0.05, 0) is 30.0 Å². The molecular weight excluding hydrogens is 348 g/mol. The number of furan rings is 1. The Kier molecular flexibility index (Phi) is 5.68. The number of carbonyl (C=O) groups is 1. The molecule has 2 aromatic rings. The van der Waals surface area contributed by atoms with Crippen molar-refractivity contribution in [2.75, 3.05) is 25.5 Å². The first-order chi connectivity index (χ1) is 13.0. The van der Waals surface area contributed by atoms with E-state index in [1.165, 1.54) is 0 Å². The van der Waals surface area contributed by atoms with Crippen molar-refractivity contribution in [3.63, 3.8) is 0 Å². The van der Waals surface area contributed by atoms with Gasteiger partial charge in [-0.2, -0.15) is 0 Å². The van der Waals surface area contributed by atoms with E-state index in [-0.39, 0.29) is 12.2 Å². The normalized spacial score (nSPS) is 17.6. The molecule has 27 heavy (non-hydrogen) atoms. The molecule has 2 atom stereocenters. The highest BCUT2D eigenvalue weighted by molar-refractivity contribution is 5.93. The predicted octanol–water partition coefficient (Wildman–Crippen LogP) is 3.17. The summed E-state index contributed by atoms with van der Waals surface area (Å²) in [5.41, 5.74) is 9.17. The van der Waals surface area contributed by atoms with Gasteiger partial charge in [-0.25, -0.2) is 9.78 Å². The highest BCUT2D eigenvalue weighted by Crippen LogP contribution is 2.32. The van der Waals surface area contributed by atoms with Crippen molar-refractivity contribution in [3.8, 4) is 0 Å². The zero-order chi connectivity index (χ0) is 19.4. The maximum absolute atomic E-state index is 12.6. The Labute approximate surface area is 157 Å². The van der Waals surface area contributed by atoms with Gasteiger partial charge in [-0.1, -0.05) is 12.0 Å². The van der Waals surface area contributed by atoms with E-state index in [4.69, 9.17) is 14.9 Å². The van der Waals surface area contributed by atoms with Crippen molar-refractivity contribution in [2.45, 2.75) is 32.5 Å². The zero-order valence-corrected chi connectivity index (χ0v) is 15.7. The van der Waals surface area contributed by atoms with Gasteiger partial charge in [0.1, 0.15) is 29.3 Å². The van der Waals surface area contributed by atoms with Gasteiger partial charge in [0.25, 0.3) is 0 Å². The molecule has 2 amide bonds. The number of rotatable bonds is 8. The summed E-state index contributed by atoms with van der Waals surface area (Å²) in [5.74, 6) is 2.61. The Bertz CT molecular complexity index is 824. The average Bonchev–Trinajstić information content (AvgIpc) is 3.30. The first-order valence-corrected chi connectivity index (χ1v) is 8.87. The summed E-state index contributed by atoms with van der Waals surface area (Å²) in [6.45, 7) is 3.04. The fourth-order valence-corrected chi connectivity index (χ4v) is 3.20. The van der Waals surface area contributed by atoms with Crippen LogP contribution in [0.5, 0.6) is 0 Å². The van der Waals surface area contributed by atoms with Gasteiger partial charge in [0, 0.05) is 32.0 Å². The minimum absolute atomic E-state index is 0.119. The van der Waals surface area contributed by atoms with Crippen molar-refractivity contribution in [3.05, 3.63) is 46.1 Å². The fraction of sp³-hybridized carbons (Fsp3) is 0.529. The van der Waals surface area contributed by atoms with Crippen LogP contribution in [0, 0.1) is 5.92 Å². The van der Waals surface area contributed by atoms with Gasteiger partial charge in [0.15, 0.2) is 0 Å². The van der Waals surface area contributed by atoms with Crippen molar-refractivity contribution < 1.29 is 9.21 Å². The van der Waals surface area contributed by atoms with Crippen LogP contribution in [-0.4, -0.2) is 41.5 Å². The molecule has 10 heteroatoms. The Morgan fingerprint density at radius 1 is 1.52 bits per heavy atom. The molecule has 2 aromatic heterocycles. The van der Waals surface area contributed by atoms with Crippen LogP contribution < -0.4 is 10.2 Å². The number of hydrogen-bond donors (Lipinski definition) is 2. The maximum atomic E-state index is 12.6.